The van der Waals surface area contributed by atoms with Gasteiger partial charge in [-0.15, -0.1) is 0 Å². The highest BCUT2D eigenvalue weighted by atomic mass is 16.5. The monoisotopic (exact) mass is 218 g/mol. The van der Waals surface area contributed by atoms with Crippen molar-refractivity contribution in [2.75, 3.05) is 30.3 Å². The van der Waals surface area contributed by atoms with Crippen LogP contribution >= 0.6 is 0 Å². The summed E-state index contributed by atoms with van der Waals surface area (Å²) < 4.78 is 5.28. The average Bonchev–Trinajstić information content (AvgIpc) is 2.33. The zero-order valence-electron chi connectivity index (χ0n) is 9.18. The third-order valence-corrected chi connectivity index (χ3v) is 2.67. The van der Waals surface area contributed by atoms with E-state index in [1.165, 1.54) is 0 Å². The van der Waals surface area contributed by atoms with Crippen molar-refractivity contribution in [3.63, 3.8) is 0 Å². The Labute approximate surface area is 94.4 Å². The highest BCUT2D eigenvalue weighted by Crippen LogP contribution is 2.19. The van der Waals surface area contributed by atoms with Crippen molar-refractivity contribution >= 4 is 11.5 Å². The summed E-state index contributed by atoms with van der Waals surface area (Å²) in [5.41, 5.74) is 7.41. The van der Waals surface area contributed by atoms with E-state index in [1.807, 2.05) is 17.9 Å². The Morgan fingerprint density at radius 2 is 2.50 bits per heavy atom. The molecule has 1 unspecified atom stereocenters. The summed E-state index contributed by atoms with van der Waals surface area (Å²) in [6.45, 7) is 3.83. The predicted octanol–water partition coefficient (Wildman–Crippen LogP) is 0.701. The van der Waals surface area contributed by atoms with Gasteiger partial charge in [0.15, 0.2) is 6.10 Å². The van der Waals surface area contributed by atoms with E-state index in [9.17, 15) is 0 Å². The topological polar surface area (TPSA) is 75.2 Å². The van der Waals surface area contributed by atoms with Crippen molar-refractivity contribution in [3.05, 3.63) is 17.8 Å². The molecule has 1 aliphatic rings. The van der Waals surface area contributed by atoms with E-state index >= 15 is 0 Å². The van der Waals surface area contributed by atoms with E-state index in [0.717, 1.165) is 17.9 Å². The SMILES string of the molecule is Cc1cc(N2CCOC(C#N)C2)ncc1N. The lowest BCUT2D eigenvalue weighted by molar-refractivity contribution is 0.0761. The van der Waals surface area contributed by atoms with Crippen LogP contribution in [0.1, 0.15) is 5.56 Å². The Balaban J connectivity index is 2.17. The summed E-state index contributed by atoms with van der Waals surface area (Å²) in [6.07, 6.45) is 1.29. The van der Waals surface area contributed by atoms with Crippen LogP contribution in [0.4, 0.5) is 11.5 Å². The zero-order chi connectivity index (χ0) is 11.5. The van der Waals surface area contributed by atoms with Gasteiger partial charge in [0.1, 0.15) is 5.82 Å². The molecule has 2 N–H and O–H groups in total. The van der Waals surface area contributed by atoms with Crippen LogP contribution in [0.25, 0.3) is 0 Å². The van der Waals surface area contributed by atoms with Gasteiger partial charge in [0, 0.05) is 6.54 Å². The second-order valence-electron chi connectivity index (χ2n) is 3.83. The van der Waals surface area contributed by atoms with E-state index in [2.05, 4.69) is 11.1 Å². The Bertz CT molecular complexity index is 426. The standard InChI is InChI=1S/C11H14N4O/c1-8-4-11(14-6-10(8)13)15-2-3-16-9(5-12)7-15/h4,6,9H,2-3,7,13H2,1H3. The maximum absolute atomic E-state index is 8.81. The van der Waals surface area contributed by atoms with Gasteiger partial charge in [0.05, 0.1) is 31.1 Å². The number of aryl methyl sites for hydroxylation is 1. The first kappa shape index (κ1) is 10.7. The highest BCUT2D eigenvalue weighted by molar-refractivity contribution is 5.52. The first-order valence-corrected chi connectivity index (χ1v) is 5.19. The largest absolute Gasteiger partial charge is 0.397 e. The summed E-state index contributed by atoms with van der Waals surface area (Å²) >= 11 is 0. The molecular formula is C11H14N4O. The fraction of sp³-hybridized carbons (Fsp3) is 0.455. The molecule has 1 saturated heterocycles. The van der Waals surface area contributed by atoms with Crippen molar-refractivity contribution in [2.45, 2.75) is 13.0 Å². The number of ether oxygens (including phenoxy) is 1. The highest BCUT2D eigenvalue weighted by Gasteiger charge is 2.21. The summed E-state index contributed by atoms with van der Waals surface area (Å²) in [6, 6.07) is 4.05. The molecule has 0 spiro atoms. The van der Waals surface area contributed by atoms with Gasteiger partial charge in [-0.3, -0.25) is 0 Å². The molecule has 5 heteroatoms. The Kier molecular flexibility index (Phi) is 2.93. The maximum Gasteiger partial charge on any atom is 0.161 e. The van der Waals surface area contributed by atoms with Gasteiger partial charge >= 0.3 is 0 Å². The molecule has 1 aliphatic heterocycles. The number of hydrogen-bond acceptors (Lipinski definition) is 5. The van der Waals surface area contributed by atoms with Gasteiger partial charge in [0.25, 0.3) is 0 Å². The molecule has 1 fully saturated rings. The Morgan fingerprint density at radius 3 is 3.19 bits per heavy atom. The van der Waals surface area contributed by atoms with Crippen LogP contribution in [0.5, 0.6) is 0 Å². The fourth-order valence-electron chi connectivity index (χ4n) is 1.66. The molecular weight excluding hydrogens is 204 g/mol. The first-order chi connectivity index (χ1) is 7.70. The van der Waals surface area contributed by atoms with Gasteiger partial charge in [-0.2, -0.15) is 5.26 Å². The maximum atomic E-state index is 8.81. The molecule has 0 saturated carbocycles. The minimum absolute atomic E-state index is 0.367. The number of rotatable bonds is 1. The predicted molar refractivity (Wildman–Crippen MR) is 61.0 cm³/mol. The normalized spacial score (nSPS) is 20.5. The van der Waals surface area contributed by atoms with Crippen molar-refractivity contribution in [1.82, 2.24) is 4.98 Å². The number of nitrogens with zero attached hydrogens (tertiary/aromatic N) is 3. The molecule has 0 aromatic carbocycles. The number of morpholine rings is 1. The smallest absolute Gasteiger partial charge is 0.161 e. The average molecular weight is 218 g/mol. The van der Waals surface area contributed by atoms with Gasteiger partial charge in [-0.1, -0.05) is 0 Å². The van der Waals surface area contributed by atoms with Gasteiger partial charge in [-0.25, -0.2) is 4.98 Å². The van der Waals surface area contributed by atoms with E-state index < -0.39 is 0 Å². The third-order valence-electron chi connectivity index (χ3n) is 2.67. The van der Waals surface area contributed by atoms with Crippen LogP contribution in [0, 0.1) is 18.3 Å². The van der Waals surface area contributed by atoms with Crippen LogP contribution < -0.4 is 10.6 Å². The van der Waals surface area contributed by atoms with E-state index in [1.54, 1.807) is 6.20 Å². The number of pyridine rings is 1. The molecule has 1 atom stereocenters. The number of nitrogen functional groups attached to an aromatic ring is 1. The molecule has 5 nitrogen and oxygen atoms in total. The minimum atomic E-state index is -0.367. The Morgan fingerprint density at radius 1 is 1.69 bits per heavy atom. The van der Waals surface area contributed by atoms with Crippen molar-refractivity contribution in [2.24, 2.45) is 0 Å². The molecule has 1 aromatic heterocycles. The third kappa shape index (κ3) is 2.07. The Hall–Kier alpha value is -1.80. The first-order valence-electron chi connectivity index (χ1n) is 5.19. The number of nitriles is 1. The van der Waals surface area contributed by atoms with Gasteiger partial charge in [-0.05, 0) is 18.6 Å². The summed E-state index contributed by atoms with van der Waals surface area (Å²) in [4.78, 5) is 6.31. The quantitative estimate of drug-likeness (QED) is 0.751. The van der Waals surface area contributed by atoms with E-state index in [0.29, 0.717) is 18.8 Å². The molecule has 2 heterocycles. The fourth-order valence-corrected chi connectivity index (χ4v) is 1.66. The molecule has 84 valence electrons. The van der Waals surface area contributed by atoms with Crippen LogP contribution in [-0.4, -0.2) is 30.8 Å². The van der Waals surface area contributed by atoms with Crippen LogP contribution in [0.2, 0.25) is 0 Å². The van der Waals surface area contributed by atoms with Crippen LogP contribution in [0.15, 0.2) is 12.3 Å². The van der Waals surface area contributed by atoms with Gasteiger partial charge in [0.2, 0.25) is 0 Å². The molecule has 0 bridgehead atoms. The molecule has 16 heavy (non-hydrogen) atoms. The minimum Gasteiger partial charge on any atom is -0.397 e. The second-order valence-corrected chi connectivity index (χ2v) is 3.83. The lowest BCUT2D eigenvalue weighted by Gasteiger charge is -2.30. The van der Waals surface area contributed by atoms with Crippen molar-refractivity contribution in [1.29, 1.82) is 5.26 Å². The van der Waals surface area contributed by atoms with Crippen molar-refractivity contribution in [3.8, 4) is 6.07 Å². The van der Waals surface area contributed by atoms with E-state index in [4.69, 9.17) is 15.7 Å². The van der Waals surface area contributed by atoms with Crippen molar-refractivity contribution < 1.29 is 4.74 Å². The van der Waals surface area contributed by atoms with Crippen LogP contribution in [0.3, 0.4) is 0 Å². The summed E-state index contributed by atoms with van der Waals surface area (Å²) in [7, 11) is 0. The second kappa shape index (κ2) is 4.37. The molecule has 0 radical (unpaired) electrons. The van der Waals surface area contributed by atoms with Crippen LogP contribution in [-0.2, 0) is 4.74 Å². The molecule has 1 aromatic rings. The van der Waals surface area contributed by atoms with E-state index in [-0.39, 0.29) is 6.10 Å². The number of hydrogen-bond donors (Lipinski definition) is 1. The summed E-state index contributed by atoms with van der Waals surface area (Å²) in [5.74, 6) is 0.857. The molecule has 2 rings (SSSR count). The number of nitrogens with two attached hydrogens (primary N) is 1. The van der Waals surface area contributed by atoms with Gasteiger partial charge < -0.3 is 15.4 Å². The number of anilines is 2. The molecule has 0 aliphatic carbocycles. The lowest BCUT2D eigenvalue weighted by Crippen LogP contribution is -2.42. The molecule has 0 amide bonds. The zero-order valence-corrected chi connectivity index (χ0v) is 9.18. The number of aromatic nitrogens is 1. The summed E-state index contributed by atoms with van der Waals surface area (Å²) in [5, 5.41) is 8.81. The lowest BCUT2D eigenvalue weighted by atomic mass is 10.2.